The number of carboxylic acid groups (broad SMARTS) is 1. The zero-order valence-electron chi connectivity index (χ0n) is 25.5. The number of amides is 1. The lowest BCUT2D eigenvalue weighted by atomic mass is 9.81. The van der Waals surface area contributed by atoms with Gasteiger partial charge >= 0.3 is 5.97 Å². The van der Waals surface area contributed by atoms with Crippen LogP contribution in [0.4, 0.5) is 5.88 Å². The van der Waals surface area contributed by atoms with Crippen molar-refractivity contribution in [2.45, 2.75) is 51.0 Å². The van der Waals surface area contributed by atoms with Gasteiger partial charge in [-0.15, -0.1) is 0 Å². The number of aliphatic carboxylic acids is 1. The van der Waals surface area contributed by atoms with Crippen molar-refractivity contribution >= 4 is 23.5 Å². The molecule has 44 heavy (non-hydrogen) atoms. The van der Waals surface area contributed by atoms with Gasteiger partial charge in [-0.05, 0) is 25.0 Å². The number of methoxy groups -OCH3 is 2. The summed E-state index contributed by atoms with van der Waals surface area (Å²) in [5, 5.41) is 19.7. The van der Waals surface area contributed by atoms with Crippen molar-refractivity contribution in [1.29, 1.82) is 0 Å². The van der Waals surface area contributed by atoms with Crippen LogP contribution in [-0.2, 0) is 20.6 Å². The fraction of sp³-hybridized carbons (Fsp3) is 0.294. The number of rotatable bonds is 10. The minimum absolute atomic E-state index is 0.0395. The van der Waals surface area contributed by atoms with Crippen LogP contribution in [0.5, 0.6) is 11.5 Å². The summed E-state index contributed by atoms with van der Waals surface area (Å²) in [5.74, 6) is -0.256. The van der Waals surface area contributed by atoms with E-state index in [-0.39, 0.29) is 23.5 Å². The van der Waals surface area contributed by atoms with Crippen molar-refractivity contribution in [3.05, 3.63) is 107 Å². The van der Waals surface area contributed by atoms with Gasteiger partial charge in [0.1, 0.15) is 17.1 Å². The molecule has 0 saturated carbocycles. The summed E-state index contributed by atoms with van der Waals surface area (Å²) in [6, 6.07) is 26.1. The van der Waals surface area contributed by atoms with Gasteiger partial charge in [-0.2, -0.15) is 0 Å². The van der Waals surface area contributed by atoms with Crippen molar-refractivity contribution in [1.82, 2.24) is 5.16 Å². The third kappa shape index (κ3) is 6.59. The molecule has 0 unspecified atom stereocenters. The summed E-state index contributed by atoms with van der Waals surface area (Å²) in [5.41, 5.74) is 2.05. The lowest BCUT2D eigenvalue weighted by Gasteiger charge is -2.27. The van der Waals surface area contributed by atoms with Crippen LogP contribution in [0, 0.1) is 0 Å². The Balaban J connectivity index is 0.000000204. The number of nitrogens with one attached hydrogen (secondary N) is 1. The number of hydrogen-bond donors (Lipinski definition) is 2. The molecule has 0 spiro atoms. The Morgan fingerprint density at radius 1 is 0.909 bits per heavy atom. The highest BCUT2D eigenvalue weighted by atomic mass is 16.7. The SMILES string of the molecule is CCC(C)(CC)c1cc(NC(=O)c2c(OC)cccc2OC)on1.O=C(O)C1=NOC(c2ccccc2)(c2ccccc2)C1. The largest absolute Gasteiger partial charge is 0.496 e. The molecular weight excluding hydrogens is 562 g/mol. The minimum atomic E-state index is -1.04. The fourth-order valence-corrected chi connectivity index (χ4v) is 4.92. The van der Waals surface area contributed by atoms with Gasteiger partial charge in [0.25, 0.3) is 5.91 Å². The highest BCUT2D eigenvalue weighted by molar-refractivity contribution is 6.36. The molecule has 5 rings (SSSR count). The van der Waals surface area contributed by atoms with E-state index in [0.29, 0.717) is 22.9 Å². The van der Waals surface area contributed by atoms with Crippen molar-refractivity contribution in [3.8, 4) is 11.5 Å². The van der Waals surface area contributed by atoms with E-state index < -0.39 is 11.6 Å². The second-order valence-electron chi connectivity index (χ2n) is 10.5. The summed E-state index contributed by atoms with van der Waals surface area (Å²) in [7, 11) is 3.01. The van der Waals surface area contributed by atoms with Crippen molar-refractivity contribution in [3.63, 3.8) is 0 Å². The third-order valence-electron chi connectivity index (χ3n) is 8.04. The van der Waals surface area contributed by atoms with E-state index >= 15 is 0 Å². The molecule has 10 heteroatoms. The Kier molecular flexibility index (Phi) is 10.0. The van der Waals surface area contributed by atoms with Crippen LogP contribution in [0.1, 0.15) is 67.2 Å². The maximum atomic E-state index is 12.6. The highest BCUT2D eigenvalue weighted by Gasteiger charge is 2.44. The number of carbonyl (C=O) groups is 2. The standard InChI is InChI=1S/C18H24N2O4.C16H13NO3/c1-6-18(3,7-2)14-11-15(24-20-14)19-17(21)16-12(22-4)9-8-10-13(16)23-5;18-15(19)14-11-16(20-17-14,12-7-3-1-4-8-12)13-9-5-2-6-10-13/h8-11H,6-7H2,1-5H3,(H,19,21);1-10H,11H2,(H,18,19). The molecule has 3 aromatic carbocycles. The average Bonchev–Trinajstić information content (AvgIpc) is 3.74. The molecule has 0 aliphatic carbocycles. The summed E-state index contributed by atoms with van der Waals surface area (Å²) in [6.07, 6.45) is 2.09. The summed E-state index contributed by atoms with van der Waals surface area (Å²) in [6.45, 7) is 6.34. The van der Waals surface area contributed by atoms with Crippen LogP contribution in [0.2, 0.25) is 0 Å². The second-order valence-corrected chi connectivity index (χ2v) is 10.5. The molecule has 1 aliphatic heterocycles. The number of nitrogens with zero attached hydrogens (tertiary/aromatic N) is 2. The molecule has 0 saturated heterocycles. The smallest absolute Gasteiger partial charge is 0.353 e. The van der Waals surface area contributed by atoms with Crippen molar-refractivity contribution < 1.29 is 33.5 Å². The van der Waals surface area contributed by atoms with Crippen LogP contribution in [0.3, 0.4) is 0 Å². The summed E-state index contributed by atoms with van der Waals surface area (Å²) in [4.78, 5) is 29.3. The van der Waals surface area contributed by atoms with Crippen LogP contribution in [0.25, 0.3) is 0 Å². The van der Waals surface area contributed by atoms with Crippen molar-refractivity contribution in [2.24, 2.45) is 5.16 Å². The van der Waals surface area contributed by atoms with E-state index in [0.717, 1.165) is 29.7 Å². The molecule has 0 fully saturated rings. The van der Waals surface area contributed by atoms with Gasteiger partial charge in [0.2, 0.25) is 5.88 Å². The molecule has 1 aliphatic rings. The first-order valence-electron chi connectivity index (χ1n) is 14.3. The Morgan fingerprint density at radius 3 is 1.91 bits per heavy atom. The molecule has 1 aromatic heterocycles. The first-order chi connectivity index (χ1) is 21.2. The van der Waals surface area contributed by atoms with Gasteiger partial charge < -0.3 is 23.9 Å². The van der Waals surface area contributed by atoms with E-state index in [1.807, 2.05) is 60.7 Å². The molecular formula is C34H37N3O7. The Bertz CT molecular complexity index is 1530. The predicted molar refractivity (Wildman–Crippen MR) is 166 cm³/mol. The number of aromatic nitrogens is 1. The zero-order valence-corrected chi connectivity index (χ0v) is 25.5. The lowest BCUT2D eigenvalue weighted by molar-refractivity contribution is -0.129. The maximum Gasteiger partial charge on any atom is 0.353 e. The Hall–Kier alpha value is -5.12. The highest BCUT2D eigenvalue weighted by Crippen LogP contribution is 2.41. The summed E-state index contributed by atoms with van der Waals surface area (Å²) >= 11 is 0. The number of hydrogen-bond acceptors (Lipinski definition) is 8. The zero-order chi connectivity index (χ0) is 31.7. The van der Waals surface area contributed by atoms with Gasteiger partial charge in [-0.1, -0.05) is 97.8 Å². The van der Waals surface area contributed by atoms with Crippen LogP contribution in [0.15, 0.2) is 94.6 Å². The normalized spacial score (nSPS) is 13.5. The molecule has 0 radical (unpaired) electrons. The van der Waals surface area contributed by atoms with E-state index in [1.165, 1.54) is 14.2 Å². The molecule has 0 atom stereocenters. The number of benzene rings is 3. The number of carbonyl (C=O) groups excluding carboxylic acids is 1. The monoisotopic (exact) mass is 599 g/mol. The van der Waals surface area contributed by atoms with Gasteiger partial charge in [0, 0.05) is 22.6 Å². The first-order valence-corrected chi connectivity index (χ1v) is 14.3. The van der Waals surface area contributed by atoms with Crippen LogP contribution >= 0.6 is 0 Å². The van der Waals surface area contributed by atoms with Crippen molar-refractivity contribution in [2.75, 3.05) is 19.5 Å². The van der Waals surface area contributed by atoms with Gasteiger partial charge in [-0.25, -0.2) is 4.79 Å². The lowest BCUT2D eigenvalue weighted by Crippen LogP contribution is -2.29. The first kappa shape index (κ1) is 31.8. The summed E-state index contributed by atoms with van der Waals surface area (Å²) < 4.78 is 15.8. The van der Waals surface area contributed by atoms with E-state index in [4.69, 9.17) is 23.9 Å². The molecule has 10 nitrogen and oxygen atoms in total. The van der Waals surface area contributed by atoms with Crippen LogP contribution in [-0.4, -0.2) is 42.1 Å². The maximum absolute atomic E-state index is 12.6. The average molecular weight is 600 g/mol. The number of ether oxygens (including phenoxy) is 2. The number of oxime groups is 1. The minimum Gasteiger partial charge on any atom is -0.496 e. The topological polar surface area (TPSA) is 132 Å². The molecule has 0 bridgehead atoms. The van der Waals surface area contributed by atoms with E-state index in [2.05, 4.69) is 36.4 Å². The Labute approximate surface area is 256 Å². The van der Waals surface area contributed by atoms with Gasteiger partial charge in [0.05, 0.1) is 26.3 Å². The number of anilines is 1. The van der Waals surface area contributed by atoms with Crippen LogP contribution < -0.4 is 14.8 Å². The molecule has 4 aromatic rings. The van der Waals surface area contributed by atoms with Gasteiger partial charge in [0.15, 0.2) is 11.3 Å². The molecule has 2 N–H and O–H groups in total. The van der Waals surface area contributed by atoms with Gasteiger partial charge in [-0.3, -0.25) is 10.1 Å². The predicted octanol–water partition coefficient (Wildman–Crippen LogP) is 6.81. The van der Waals surface area contributed by atoms with E-state index in [9.17, 15) is 9.59 Å². The quantitative estimate of drug-likeness (QED) is 0.203. The Morgan fingerprint density at radius 2 is 1.45 bits per heavy atom. The third-order valence-corrected chi connectivity index (χ3v) is 8.04. The molecule has 1 amide bonds. The number of carboxylic acids is 1. The molecule has 2 heterocycles. The van der Waals surface area contributed by atoms with E-state index in [1.54, 1.807) is 24.3 Å². The molecule has 230 valence electrons. The second kappa shape index (κ2) is 13.9. The fourth-order valence-electron chi connectivity index (χ4n) is 4.92.